The third kappa shape index (κ3) is 3.07. The van der Waals surface area contributed by atoms with Crippen LogP contribution in [-0.4, -0.2) is 10.9 Å². The summed E-state index contributed by atoms with van der Waals surface area (Å²) < 4.78 is 27.5. The number of thiazole rings is 1. The second-order valence-electron chi connectivity index (χ2n) is 5.45. The standard InChI is InChI=1S/C17H14F2N2OS/c1-9(2)11-4-3-5-14-15(11)20-17(23-14)21-16(22)12-7-6-10(18)8-13(12)19/h3-9H,1-2H3,(H,20,21,22). The predicted molar refractivity (Wildman–Crippen MR) is 88.0 cm³/mol. The van der Waals surface area contributed by atoms with E-state index in [9.17, 15) is 13.6 Å². The van der Waals surface area contributed by atoms with Crippen molar-refractivity contribution in [3.05, 3.63) is 59.2 Å². The van der Waals surface area contributed by atoms with E-state index in [1.165, 1.54) is 11.3 Å². The number of nitrogens with one attached hydrogen (secondary N) is 1. The van der Waals surface area contributed by atoms with Gasteiger partial charge in [0.15, 0.2) is 5.13 Å². The number of halogens is 2. The molecule has 0 fully saturated rings. The lowest BCUT2D eigenvalue weighted by molar-refractivity contribution is 0.102. The molecule has 1 heterocycles. The van der Waals surface area contributed by atoms with Gasteiger partial charge >= 0.3 is 0 Å². The molecule has 6 heteroatoms. The van der Waals surface area contributed by atoms with Crippen LogP contribution in [0.4, 0.5) is 13.9 Å². The molecule has 3 rings (SSSR count). The van der Waals surface area contributed by atoms with Gasteiger partial charge in [-0.1, -0.05) is 37.3 Å². The topological polar surface area (TPSA) is 42.0 Å². The van der Waals surface area contributed by atoms with Gasteiger partial charge in [-0.2, -0.15) is 0 Å². The average molecular weight is 332 g/mol. The summed E-state index contributed by atoms with van der Waals surface area (Å²) >= 11 is 1.32. The molecule has 0 saturated heterocycles. The molecule has 3 nitrogen and oxygen atoms in total. The molecule has 0 aliphatic rings. The Hall–Kier alpha value is -2.34. The highest BCUT2D eigenvalue weighted by Crippen LogP contribution is 2.31. The van der Waals surface area contributed by atoms with Crippen molar-refractivity contribution in [3.63, 3.8) is 0 Å². The molecule has 0 radical (unpaired) electrons. The largest absolute Gasteiger partial charge is 0.298 e. The average Bonchev–Trinajstić information content (AvgIpc) is 2.88. The van der Waals surface area contributed by atoms with Crippen LogP contribution >= 0.6 is 11.3 Å². The normalized spacial score (nSPS) is 11.2. The highest BCUT2D eigenvalue weighted by Gasteiger charge is 2.16. The van der Waals surface area contributed by atoms with E-state index in [1.54, 1.807) is 0 Å². The molecule has 1 aromatic heterocycles. The zero-order chi connectivity index (χ0) is 16.6. The summed E-state index contributed by atoms with van der Waals surface area (Å²) in [5.74, 6) is -1.96. The minimum Gasteiger partial charge on any atom is -0.298 e. The first kappa shape index (κ1) is 15.6. The third-order valence-electron chi connectivity index (χ3n) is 3.47. The van der Waals surface area contributed by atoms with Crippen LogP contribution in [-0.2, 0) is 0 Å². The summed E-state index contributed by atoms with van der Waals surface area (Å²) in [6.45, 7) is 4.14. The quantitative estimate of drug-likeness (QED) is 0.737. The van der Waals surface area contributed by atoms with E-state index in [2.05, 4.69) is 24.1 Å². The molecule has 0 spiro atoms. The molecule has 1 amide bonds. The number of aromatic nitrogens is 1. The van der Waals surface area contributed by atoms with Crippen LogP contribution in [0.3, 0.4) is 0 Å². The number of nitrogens with zero attached hydrogens (tertiary/aromatic N) is 1. The summed E-state index contributed by atoms with van der Waals surface area (Å²) in [4.78, 5) is 16.6. The number of anilines is 1. The zero-order valence-corrected chi connectivity index (χ0v) is 13.4. The molecule has 2 aromatic carbocycles. The first-order valence-electron chi connectivity index (χ1n) is 7.11. The third-order valence-corrected chi connectivity index (χ3v) is 4.40. The van der Waals surface area contributed by atoms with Gasteiger partial charge in [-0.05, 0) is 29.7 Å². The zero-order valence-electron chi connectivity index (χ0n) is 12.6. The Morgan fingerprint density at radius 1 is 1.22 bits per heavy atom. The maximum Gasteiger partial charge on any atom is 0.260 e. The molecule has 0 atom stereocenters. The first-order valence-corrected chi connectivity index (χ1v) is 7.93. The van der Waals surface area contributed by atoms with Gasteiger partial charge < -0.3 is 0 Å². The second-order valence-corrected chi connectivity index (χ2v) is 6.48. The number of carbonyl (C=O) groups is 1. The monoisotopic (exact) mass is 332 g/mol. The van der Waals surface area contributed by atoms with Gasteiger partial charge in [0.1, 0.15) is 11.6 Å². The van der Waals surface area contributed by atoms with Crippen molar-refractivity contribution in [3.8, 4) is 0 Å². The highest BCUT2D eigenvalue weighted by molar-refractivity contribution is 7.22. The van der Waals surface area contributed by atoms with Gasteiger partial charge in [-0.15, -0.1) is 0 Å². The van der Waals surface area contributed by atoms with Crippen LogP contribution in [0.2, 0.25) is 0 Å². The van der Waals surface area contributed by atoms with Gasteiger partial charge in [0, 0.05) is 6.07 Å². The molecule has 1 N–H and O–H groups in total. The van der Waals surface area contributed by atoms with Crippen molar-refractivity contribution in [1.82, 2.24) is 4.98 Å². The van der Waals surface area contributed by atoms with Gasteiger partial charge in [0.05, 0.1) is 15.8 Å². The Kier molecular flexibility index (Phi) is 4.09. The summed E-state index contributed by atoms with van der Waals surface area (Å²) in [5, 5.41) is 2.97. The van der Waals surface area contributed by atoms with Crippen LogP contribution in [0.25, 0.3) is 10.2 Å². The summed E-state index contributed by atoms with van der Waals surface area (Å²) in [5.41, 5.74) is 1.71. The minimum atomic E-state index is -0.897. The number of fused-ring (bicyclic) bond motifs is 1. The number of amides is 1. The van der Waals surface area contributed by atoms with Crippen molar-refractivity contribution in [2.45, 2.75) is 19.8 Å². The van der Waals surface area contributed by atoms with Gasteiger partial charge in [0.2, 0.25) is 0 Å². The van der Waals surface area contributed by atoms with Crippen LogP contribution in [0.15, 0.2) is 36.4 Å². The maximum atomic E-state index is 13.7. The van der Waals surface area contributed by atoms with Crippen LogP contribution in [0.1, 0.15) is 35.7 Å². The Bertz CT molecular complexity index is 889. The van der Waals surface area contributed by atoms with Crippen LogP contribution in [0.5, 0.6) is 0 Å². The van der Waals surface area contributed by atoms with Crippen molar-refractivity contribution in [1.29, 1.82) is 0 Å². The van der Waals surface area contributed by atoms with E-state index < -0.39 is 17.5 Å². The molecule has 0 aliphatic heterocycles. The molecule has 23 heavy (non-hydrogen) atoms. The SMILES string of the molecule is CC(C)c1cccc2sc(NC(=O)c3ccc(F)cc3F)nc12. The molecule has 0 aliphatic carbocycles. The maximum absolute atomic E-state index is 13.7. The number of hydrogen-bond donors (Lipinski definition) is 1. The van der Waals surface area contributed by atoms with Gasteiger partial charge in [-0.3, -0.25) is 10.1 Å². The Labute approximate surface area is 136 Å². The summed E-state index contributed by atoms with van der Waals surface area (Å²) in [6.07, 6.45) is 0. The summed E-state index contributed by atoms with van der Waals surface area (Å²) in [6, 6.07) is 8.72. The molecule has 3 aromatic rings. The van der Waals surface area contributed by atoms with Crippen molar-refractivity contribution in [2.75, 3.05) is 5.32 Å². The molecule has 0 unspecified atom stereocenters. The lowest BCUT2D eigenvalue weighted by atomic mass is 10.0. The Balaban J connectivity index is 1.92. The Morgan fingerprint density at radius 3 is 2.70 bits per heavy atom. The second kappa shape index (κ2) is 6.04. The van der Waals surface area contributed by atoms with Gasteiger partial charge in [-0.25, -0.2) is 13.8 Å². The fraction of sp³-hybridized carbons (Fsp3) is 0.176. The van der Waals surface area contributed by atoms with Crippen molar-refractivity contribution in [2.24, 2.45) is 0 Å². The van der Waals surface area contributed by atoms with Gasteiger partial charge in [0.25, 0.3) is 5.91 Å². The van der Waals surface area contributed by atoms with E-state index in [-0.39, 0.29) is 5.56 Å². The van der Waals surface area contributed by atoms with Crippen LogP contribution < -0.4 is 5.32 Å². The molecule has 0 saturated carbocycles. The number of para-hydroxylation sites is 1. The lowest BCUT2D eigenvalue weighted by Gasteiger charge is -2.05. The van der Waals surface area contributed by atoms with Crippen molar-refractivity contribution >= 4 is 32.6 Å². The first-order chi connectivity index (χ1) is 11.0. The van der Waals surface area contributed by atoms with E-state index >= 15 is 0 Å². The number of hydrogen-bond acceptors (Lipinski definition) is 3. The molecular weight excluding hydrogens is 318 g/mol. The Morgan fingerprint density at radius 2 is 2.00 bits per heavy atom. The number of rotatable bonds is 3. The minimum absolute atomic E-state index is 0.213. The predicted octanol–water partition coefficient (Wildman–Crippen LogP) is 4.95. The fourth-order valence-corrected chi connectivity index (χ4v) is 3.22. The fourth-order valence-electron chi connectivity index (χ4n) is 2.33. The summed E-state index contributed by atoms with van der Waals surface area (Å²) in [7, 11) is 0. The van der Waals surface area contributed by atoms with E-state index in [0.29, 0.717) is 17.1 Å². The van der Waals surface area contributed by atoms with E-state index in [4.69, 9.17) is 0 Å². The van der Waals surface area contributed by atoms with Crippen LogP contribution in [0, 0.1) is 11.6 Å². The molecular formula is C17H14F2N2OS. The number of carbonyl (C=O) groups excluding carboxylic acids is 1. The highest BCUT2D eigenvalue weighted by atomic mass is 32.1. The van der Waals surface area contributed by atoms with Crippen molar-refractivity contribution < 1.29 is 13.6 Å². The smallest absolute Gasteiger partial charge is 0.260 e. The lowest BCUT2D eigenvalue weighted by Crippen LogP contribution is -2.13. The number of benzene rings is 2. The van der Waals surface area contributed by atoms with E-state index in [0.717, 1.165) is 27.9 Å². The molecule has 0 bridgehead atoms. The molecule has 118 valence electrons. The van der Waals surface area contributed by atoms with E-state index in [1.807, 2.05) is 18.2 Å².